The van der Waals surface area contributed by atoms with Gasteiger partial charge < -0.3 is 10.1 Å². The second-order valence-corrected chi connectivity index (χ2v) is 4.89. The first-order valence-electron chi connectivity index (χ1n) is 7.00. The second-order valence-electron chi connectivity index (χ2n) is 4.89. The van der Waals surface area contributed by atoms with Gasteiger partial charge in [0.05, 0.1) is 12.7 Å². The summed E-state index contributed by atoms with van der Waals surface area (Å²) in [6, 6.07) is 13.2. The van der Waals surface area contributed by atoms with Gasteiger partial charge >= 0.3 is 6.18 Å². The van der Waals surface area contributed by atoms with E-state index in [1.165, 1.54) is 12.1 Å². The summed E-state index contributed by atoms with van der Waals surface area (Å²) in [4.78, 5) is 0. The molecule has 0 aliphatic rings. The fourth-order valence-electron chi connectivity index (χ4n) is 2.31. The minimum atomic E-state index is -4.32. The van der Waals surface area contributed by atoms with Crippen LogP contribution in [0.5, 0.6) is 5.75 Å². The number of benzene rings is 2. The van der Waals surface area contributed by atoms with Crippen LogP contribution in [0, 0.1) is 0 Å². The summed E-state index contributed by atoms with van der Waals surface area (Å²) >= 11 is 0. The number of nitrogens with one attached hydrogen (secondary N) is 1. The molecule has 5 heteroatoms. The number of alkyl halides is 3. The van der Waals surface area contributed by atoms with Crippen molar-refractivity contribution in [1.29, 1.82) is 0 Å². The molecule has 0 unspecified atom stereocenters. The largest absolute Gasteiger partial charge is 0.496 e. The first-order chi connectivity index (χ1) is 10.5. The molecule has 0 aliphatic heterocycles. The van der Waals surface area contributed by atoms with Crippen molar-refractivity contribution >= 4 is 0 Å². The molecule has 0 saturated carbocycles. The number of rotatable bonds is 6. The minimum Gasteiger partial charge on any atom is -0.496 e. The molecule has 0 saturated heterocycles. The molecular formula is C17H18F3NO. The van der Waals surface area contributed by atoms with Gasteiger partial charge in [0.2, 0.25) is 0 Å². The fraction of sp³-hybridized carbons (Fsp3) is 0.294. The van der Waals surface area contributed by atoms with Crippen molar-refractivity contribution in [3.63, 3.8) is 0 Å². The zero-order valence-corrected chi connectivity index (χ0v) is 12.3. The van der Waals surface area contributed by atoms with E-state index in [2.05, 4.69) is 5.32 Å². The van der Waals surface area contributed by atoms with Gasteiger partial charge in [-0.15, -0.1) is 0 Å². The van der Waals surface area contributed by atoms with E-state index in [4.69, 9.17) is 4.74 Å². The maximum Gasteiger partial charge on any atom is 0.416 e. The third-order valence-corrected chi connectivity index (χ3v) is 3.40. The zero-order chi connectivity index (χ0) is 16.0. The number of halogens is 3. The second kappa shape index (κ2) is 7.31. The lowest BCUT2D eigenvalue weighted by atomic mass is 10.1. The molecule has 0 heterocycles. The van der Waals surface area contributed by atoms with Crippen molar-refractivity contribution in [2.45, 2.75) is 19.1 Å². The third-order valence-electron chi connectivity index (χ3n) is 3.40. The highest BCUT2D eigenvalue weighted by molar-refractivity contribution is 5.33. The van der Waals surface area contributed by atoms with Gasteiger partial charge in [-0.05, 0) is 36.2 Å². The standard InChI is InChI=1S/C17H18F3NO/c1-22-16-9-5-3-6-13(16)10-11-21-12-14-7-2-4-8-15(14)17(18,19)20/h2-9,21H,10-12H2,1H3. The average molecular weight is 309 g/mol. The van der Waals surface area contributed by atoms with Crippen LogP contribution < -0.4 is 10.1 Å². The minimum absolute atomic E-state index is 0.185. The van der Waals surface area contributed by atoms with Gasteiger partial charge in [-0.3, -0.25) is 0 Å². The zero-order valence-electron chi connectivity index (χ0n) is 12.3. The Balaban J connectivity index is 1.92. The molecule has 2 aromatic rings. The van der Waals surface area contributed by atoms with Crippen LogP contribution in [0.25, 0.3) is 0 Å². The molecule has 0 atom stereocenters. The van der Waals surface area contributed by atoms with Crippen LogP contribution in [0.2, 0.25) is 0 Å². The monoisotopic (exact) mass is 309 g/mol. The Morgan fingerprint density at radius 1 is 0.955 bits per heavy atom. The molecule has 0 aromatic heterocycles. The molecule has 22 heavy (non-hydrogen) atoms. The Hall–Kier alpha value is -2.01. The Labute approximate surface area is 127 Å². The number of para-hydroxylation sites is 1. The van der Waals surface area contributed by atoms with E-state index in [0.717, 1.165) is 17.4 Å². The highest BCUT2D eigenvalue weighted by Gasteiger charge is 2.32. The van der Waals surface area contributed by atoms with Gasteiger partial charge in [0.1, 0.15) is 5.75 Å². The van der Waals surface area contributed by atoms with Crippen molar-refractivity contribution < 1.29 is 17.9 Å². The van der Waals surface area contributed by atoms with Crippen molar-refractivity contribution in [3.8, 4) is 5.75 Å². The molecule has 0 amide bonds. The number of ether oxygens (including phenoxy) is 1. The topological polar surface area (TPSA) is 21.3 Å². The van der Waals surface area contributed by atoms with Crippen LogP contribution in [0.3, 0.4) is 0 Å². The molecule has 0 fully saturated rings. The van der Waals surface area contributed by atoms with Crippen LogP contribution in [0.1, 0.15) is 16.7 Å². The van der Waals surface area contributed by atoms with E-state index in [1.807, 2.05) is 24.3 Å². The van der Waals surface area contributed by atoms with Gasteiger partial charge in [-0.1, -0.05) is 36.4 Å². The maximum atomic E-state index is 12.9. The van der Waals surface area contributed by atoms with Gasteiger partial charge in [0, 0.05) is 6.54 Å². The Bertz CT molecular complexity index is 611. The van der Waals surface area contributed by atoms with E-state index in [-0.39, 0.29) is 12.1 Å². The normalized spacial score (nSPS) is 11.5. The van der Waals surface area contributed by atoms with Crippen LogP contribution in [-0.4, -0.2) is 13.7 Å². The average Bonchev–Trinajstić information content (AvgIpc) is 2.51. The quantitative estimate of drug-likeness (QED) is 0.813. The molecule has 0 spiro atoms. The van der Waals surface area contributed by atoms with Crippen molar-refractivity contribution in [2.75, 3.05) is 13.7 Å². The van der Waals surface area contributed by atoms with Gasteiger partial charge in [0.25, 0.3) is 0 Å². The summed E-state index contributed by atoms with van der Waals surface area (Å²) in [5.41, 5.74) is 0.705. The third kappa shape index (κ3) is 4.24. The summed E-state index contributed by atoms with van der Waals surface area (Å²) in [7, 11) is 1.60. The van der Waals surface area contributed by atoms with E-state index in [0.29, 0.717) is 13.0 Å². The van der Waals surface area contributed by atoms with Crippen LogP contribution in [0.15, 0.2) is 48.5 Å². The highest BCUT2D eigenvalue weighted by atomic mass is 19.4. The molecule has 2 rings (SSSR count). The molecular weight excluding hydrogens is 291 g/mol. The van der Waals surface area contributed by atoms with Gasteiger partial charge in [-0.25, -0.2) is 0 Å². The molecule has 0 aliphatic carbocycles. The summed E-state index contributed by atoms with van der Waals surface area (Å²) in [6.45, 7) is 0.761. The summed E-state index contributed by atoms with van der Waals surface area (Å²) in [6.07, 6.45) is -3.63. The maximum absolute atomic E-state index is 12.9. The van der Waals surface area contributed by atoms with E-state index < -0.39 is 11.7 Å². The van der Waals surface area contributed by atoms with E-state index in [9.17, 15) is 13.2 Å². The number of hydrogen-bond donors (Lipinski definition) is 1. The van der Waals surface area contributed by atoms with Crippen molar-refractivity contribution in [2.24, 2.45) is 0 Å². The SMILES string of the molecule is COc1ccccc1CCNCc1ccccc1C(F)(F)F. The van der Waals surface area contributed by atoms with Gasteiger partial charge in [0.15, 0.2) is 0 Å². The molecule has 0 bridgehead atoms. The van der Waals surface area contributed by atoms with Crippen LogP contribution >= 0.6 is 0 Å². The molecule has 1 N–H and O–H groups in total. The predicted octanol–water partition coefficient (Wildman–Crippen LogP) is 4.05. The van der Waals surface area contributed by atoms with E-state index >= 15 is 0 Å². The Morgan fingerprint density at radius 2 is 1.59 bits per heavy atom. The van der Waals surface area contributed by atoms with Gasteiger partial charge in [-0.2, -0.15) is 13.2 Å². The lowest BCUT2D eigenvalue weighted by Crippen LogP contribution is -2.20. The lowest BCUT2D eigenvalue weighted by molar-refractivity contribution is -0.138. The molecule has 0 radical (unpaired) electrons. The Morgan fingerprint density at radius 3 is 2.27 bits per heavy atom. The van der Waals surface area contributed by atoms with Crippen molar-refractivity contribution in [1.82, 2.24) is 5.32 Å². The first kappa shape index (κ1) is 16.4. The number of methoxy groups -OCH3 is 1. The van der Waals surface area contributed by atoms with Crippen LogP contribution in [0.4, 0.5) is 13.2 Å². The van der Waals surface area contributed by atoms with Crippen molar-refractivity contribution in [3.05, 3.63) is 65.2 Å². The fourth-order valence-corrected chi connectivity index (χ4v) is 2.31. The summed E-state index contributed by atoms with van der Waals surface area (Å²) in [5, 5.41) is 3.06. The van der Waals surface area contributed by atoms with Crippen LogP contribution in [-0.2, 0) is 19.1 Å². The predicted molar refractivity (Wildman–Crippen MR) is 79.8 cm³/mol. The lowest BCUT2D eigenvalue weighted by Gasteiger charge is -2.13. The Kier molecular flexibility index (Phi) is 5.44. The smallest absolute Gasteiger partial charge is 0.416 e. The number of hydrogen-bond acceptors (Lipinski definition) is 2. The molecule has 2 nitrogen and oxygen atoms in total. The molecule has 2 aromatic carbocycles. The summed E-state index contributed by atoms with van der Waals surface area (Å²) < 4.78 is 43.9. The summed E-state index contributed by atoms with van der Waals surface area (Å²) in [5.74, 6) is 0.792. The first-order valence-corrected chi connectivity index (χ1v) is 7.00. The molecule has 118 valence electrons. The highest BCUT2D eigenvalue weighted by Crippen LogP contribution is 2.31. The van der Waals surface area contributed by atoms with E-state index in [1.54, 1.807) is 13.2 Å².